The molecule has 1 aromatic rings. The van der Waals surface area contributed by atoms with Gasteiger partial charge in [0.25, 0.3) is 0 Å². The summed E-state index contributed by atoms with van der Waals surface area (Å²) in [4.78, 5) is 46.3. The number of hydrogen-bond acceptors (Lipinski definition) is 6. The molecule has 1 aromatic carbocycles. The van der Waals surface area contributed by atoms with Crippen LogP contribution in [0.25, 0.3) is 0 Å². The lowest BCUT2D eigenvalue weighted by atomic mass is 9.74. The third kappa shape index (κ3) is 3.86. The Morgan fingerprint density at radius 3 is 2.53 bits per heavy atom. The summed E-state index contributed by atoms with van der Waals surface area (Å²) in [7, 11) is 0. The van der Waals surface area contributed by atoms with Gasteiger partial charge in [-0.3, -0.25) is 14.4 Å². The van der Waals surface area contributed by atoms with Gasteiger partial charge in [0.2, 0.25) is 11.8 Å². The SMILES string of the molecule is C[C@@]12C=CCCOC(=O)[C@@H]1[C@H]1C(=O)N([C@H](CO)c3ccccc3)C3C(=O)N(C4CCCCC4)CC=C[C@@]31S2. The Morgan fingerprint density at radius 1 is 1.03 bits per heavy atom. The number of nitrogens with zero attached hydrogens (tertiary/aromatic N) is 2. The molecular formula is C30H36N2O5S. The van der Waals surface area contributed by atoms with E-state index in [1.807, 2.05) is 66.5 Å². The minimum Gasteiger partial charge on any atom is -0.465 e. The number of esters is 1. The van der Waals surface area contributed by atoms with Crippen molar-refractivity contribution in [2.45, 2.75) is 73.1 Å². The number of rotatable bonds is 4. The van der Waals surface area contributed by atoms with Gasteiger partial charge in [-0.25, -0.2) is 0 Å². The topological polar surface area (TPSA) is 87.1 Å². The van der Waals surface area contributed by atoms with Crippen molar-refractivity contribution in [1.29, 1.82) is 0 Å². The van der Waals surface area contributed by atoms with Gasteiger partial charge < -0.3 is 19.6 Å². The zero-order valence-corrected chi connectivity index (χ0v) is 22.6. The molecule has 1 spiro atoms. The molecule has 1 N–H and O–H groups in total. The lowest BCUT2D eigenvalue weighted by Crippen LogP contribution is -2.56. The van der Waals surface area contributed by atoms with Crippen molar-refractivity contribution in [3.8, 4) is 0 Å². The number of carbonyl (C=O) groups excluding carboxylic acids is 3. The van der Waals surface area contributed by atoms with Crippen LogP contribution in [0.4, 0.5) is 0 Å². The van der Waals surface area contributed by atoms with Crippen LogP contribution in [0.15, 0.2) is 54.6 Å². The van der Waals surface area contributed by atoms with E-state index in [0.717, 1.165) is 31.2 Å². The molecule has 5 aliphatic rings. The van der Waals surface area contributed by atoms with Gasteiger partial charge in [0.15, 0.2) is 0 Å². The smallest absolute Gasteiger partial charge is 0.311 e. The molecule has 7 nitrogen and oxygen atoms in total. The summed E-state index contributed by atoms with van der Waals surface area (Å²) in [5.74, 6) is -2.20. The monoisotopic (exact) mass is 536 g/mol. The number of carbonyl (C=O) groups is 3. The van der Waals surface area contributed by atoms with E-state index in [4.69, 9.17) is 4.74 Å². The van der Waals surface area contributed by atoms with E-state index in [0.29, 0.717) is 13.0 Å². The Labute approximate surface area is 228 Å². The third-order valence-electron chi connectivity index (χ3n) is 9.20. The summed E-state index contributed by atoms with van der Waals surface area (Å²) in [5.41, 5.74) is 0.775. The zero-order valence-electron chi connectivity index (χ0n) is 21.8. The van der Waals surface area contributed by atoms with Gasteiger partial charge in [-0.05, 0) is 31.7 Å². The molecule has 6 rings (SSSR count). The molecule has 1 unspecified atom stereocenters. The number of ether oxygens (including phenoxy) is 1. The average molecular weight is 537 g/mol. The van der Waals surface area contributed by atoms with Gasteiger partial charge >= 0.3 is 5.97 Å². The van der Waals surface area contributed by atoms with Gasteiger partial charge in [0.05, 0.1) is 35.8 Å². The molecule has 1 aliphatic carbocycles. The maximum absolute atomic E-state index is 14.7. The van der Waals surface area contributed by atoms with Crippen LogP contribution in [0.2, 0.25) is 0 Å². The van der Waals surface area contributed by atoms with Crippen LogP contribution < -0.4 is 0 Å². The van der Waals surface area contributed by atoms with Crippen molar-refractivity contribution in [3.63, 3.8) is 0 Å². The molecule has 0 bridgehead atoms. The van der Waals surface area contributed by atoms with Gasteiger partial charge in [-0.2, -0.15) is 0 Å². The number of likely N-dealkylation sites (tertiary alicyclic amines) is 1. The van der Waals surface area contributed by atoms with E-state index >= 15 is 0 Å². The molecule has 2 saturated heterocycles. The molecule has 2 amide bonds. The van der Waals surface area contributed by atoms with E-state index in [9.17, 15) is 19.5 Å². The number of amides is 2. The quantitative estimate of drug-likeness (QED) is 0.467. The molecule has 3 fully saturated rings. The standard InChI is InChI=1S/C30H36N2O5S/c1-29-15-8-9-18-37-28(36)24(29)23-26(34)32(22(19-33)20-11-4-2-5-12-20)25-27(35)31(21-13-6-3-7-14-21)17-10-16-30(23,25)38-29/h2,4-5,8,10-12,15-16,21-25,33H,3,6-7,9,13-14,17-19H2,1H3/t22-,23+,24+,25?,29-,30+/m1/s1. The van der Waals surface area contributed by atoms with Crippen molar-refractivity contribution in [3.05, 3.63) is 60.2 Å². The Kier molecular flexibility index (Phi) is 6.67. The summed E-state index contributed by atoms with van der Waals surface area (Å²) in [6.07, 6.45) is 14.1. The van der Waals surface area contributed by atoms with E-state index in [1.54, 1.807) is 16.7 Å². The van der Waals surface area contributed by atoms with Crippen molar-refractivity contribution < 1.29 is 24.2 Å². The van der Waals surface area contributed by atoms with E-state index in [-0.39, 0.29) is 37.0 Å². The highest BCUT2D eigenvalue weighted by Gasteiger charge is 2.74. The highest BCUT2D eigenvalue weighted by Crippen LogP contribution is 2.66. The number of fused-ring (bicyclic) bond motifs is 2. The molecule has 38 heavy (non-hydrogen) atoms. The van der Waals surface area contributed by atoms with Crippen molar-refractivity contribution in [1.82, 2.24) is 9.80 Å². The Balaban J connectivity index is 1.51. The minimum atomic E-state index is -0.938. The van der Waals surface area contributed by atoms with Crippen LogP contribution in [-0.4, -0.2) is 74.0 Å². The number of benzene rings is 1. The summed E-state index contributed by atoms with van der Waals surface area (Å²) in [5, 5.41) is 10.7. The second-order valence-corrected chi connectivity index (χ2v) is 13.2. The fourth-order valence-corrected chi connectivity index (χ4v) is 9.67. The second-order valence-electron chi connectivity index (χ2n) is 11.4. The first-order valence-electron chi connectivity index (χ1n) is 13.9. The van der Waals surface area contributed by atoms with E-state index < -0.39 is 33.4 Å². The fourth-order valence-electron chi connectivity index (χ4n) is 7.53. The summed E-state index contributed by atoms with van der Waals surface area (Å²) in [6.45, 7) is 2.46. The molecule has 1 saturated carbocycles. The first-order valence-corrected chi connectivity index (χ1v) is 14.7. The molecule has 8 heteroatoms. The predicted octanol–water partition coefficient (Wildman–Crippen LogP) is 3.64. The molecule has 0 radical (unpaired) electrons. The lowest BCUT2D eigenvalue weighted by Gasteiger charge is -2.42. The van der Waals surface area contributed by atoms with Gasteiger partial charge in [0, 0.05) is 17.3 Å². The number of thioether (sulfide) groups is 1. The maximum atomic E-state index is 14.7. The van der Waals surface area contributed by atoms with Crippen LogP contribution >= 0.6 is 11.8 Å². The predicted molar refractivity (Wildman–Crippen MR) is 145 cm³/mol. The van der Waals surface area contributed by atoms with Crippen LogP contribution in [0.5, 0.6) is 0 Å². The van der Waals surface area contributed by atoms with Crippen molar-refractivity contribution in [2.75, 3.05) is 19.8 Å². The number of cyclic esters (lactones) is 1. The summed E-state index contributed by atoms with van der Waals surface area (Å²) < 4.78 is 4.01. The molecule has 6 atom stereocenters. The molecule has 202 valence electrons. The Bertz CT molecular complexity index is 1160. The largest absolute Gasteiger partial charge is 0.465 e. The van der Waals surface area contributed by atoms with Crippen LogP contribution in [-0.2, 0) is 19.1 Å². The highest BCUT2D eigenvalue weighted by atomic mass is 32.2. The Hall–Kier alpha value is -2.58. The van der Waals surface area contributed by atoms with Gasteiger partial charge in [-0.1, -0.05) is 73.9 Å². The molecule has 4 heterocycles. The molecule has 0 aromatic heterocycles. The van der Waals surface area contributed by atoms with Crippen LogP contribution in [0.3, 0.4) is 0 Å². The van der Waals surface area contributed by atoms with Gasteiger partial charge in [0.1, 0.15) is 6.04 Å². The van der Waals surface area contributed by atoms with Crippen LogP contribution in [0.1, 0.15) is 57.1 Å². The molecule has 4 aliphatic heterocycles. The average Bonchev–Trinajstić information content (AvgIpc) is 3.24. The third-order valence-corrected chi connectivity index (χ3v) is 11.0. The number of aliphatic hydroxyl groups is 1. The Morgan fingerprint density at radius 2 is 1.79 bits per heavy atom. The zero-order chi connectivity index (χ0) is 26.5. The molecular weight excluding hydrogens is 500 g/mol. The van der Waals surface area contributed by atoms with Crippen LogP contribution in [0, 0.1) is 11.8 Å². The lowest BCUT2D eigenvalue weighted by molar-refractivity contribution is -0.155. The normalized spacial score (nSPS) is 36.2. The highest BCUT2D eigenvalue weighted by molar-refractivity contribution is 8.02. The fraction of sp³-hybridized carbons (Fsp3) is 0.567. The second kappa shape index (κ2) is 9.87. The first kappa shape index (κ1) is 25.7. The summed E-state index contributed by atoms with van der Waals surface area (Å²) in [6, 6.07) is 8.03. The van der Waals surface area contributed by atoms with Crippen molar-refractivity contribution in [2.24, 2.45) is 11.8 Å². The van der Waals surface area contributed by atoms with Gasteiger partial charge in [-0.15, -0.1) is 11.8 Å². The number of hydrogen-bond donors (Lipinski definition) is 1. The van der Waals surface area contributed by atoms with E-state index in [2.05, 4.69) is 0 Å². The maximum Gasteiger partial charge on any atom is 0.311 e. The van der Waals surface area contributed by atoms with Crippen molar-refractivity contribution >= 4 is 29.5 Å². The van der Waals surface area contributed by atoms with E-state index in [1.165, 1.54) is 6.42 Å². The number of aliphatic hydroxyl groups excluding tert-OH is 1. The minimum absolute atomic E-state index is 0.0742. The summed E-state index contributed by atoms with van der Waals surface area (Å²) >= 11 is 1.56. The first-order chi connectivity index (χ1) is 18.4.